The van der Waals surface area contributed by atoms with Crippen LogP contribution in [0.1, 0.15) is 44.7 Å². The molecule has 3 heteroatoms. The van der Waals surface area contributed by atoms with Crippen molar-refractivity contribution in [2.75, 3.05) is 19.6 Å². The van der Waals surface area contributed by atoms with Crippen LogP contribution >= 0.6 is 15.9 Å². The fourth-order valence-electron chi connectivity index (χ4n) is 3.55. The van der Waals surface area contributed by atoms with Gasteiger partial charge in [-0.2, -0.15) is 0 Å². The number of benzene rings is 1. The Labute approximate surface area is 138 Å². The van der Waals surface area contributed by atoms with Crippen LogP contribution in [-0.2, 0) is 12.8 Å². The normalized spacial score (nSPS) is 23.1. The van der Waals surface area contributed by atoms with E-state index in [0.717, 1.165) is 38.4 Å². The minimum Gasteiger partial charge on any atom is -0.329 e. The fourth-order valence-corrected chi connectivity index (χ4v) is 3.96. The molecule has 0 fully saturated rings. The second-order valence-corrected chi connectivity index (χ2v) is 7.49. The van der Waals surface area contributed by atoms with Crippen molar-refractivity contribution < 1.29 is 0 Å². The van der Waals surface area contributed by atoms with Crippen molar-refractivity contribution in [1.29, 1.82) is 0 Å². The average Bonchev–Trinajstić information content (AvgIpc) is 2.51. The van der Waals surface area contributed by atoms with Gasteiger partial charge in [0.2, 0.25) is 0 Å². The molecule has 0 amide bonds. The summed E-state index contributed by atoms with van der Waals surface area (Å²) in [5, 5.41) is 0. The number of fused-ring (bicyclic) bond motifs is 1. The zero-order chi connectivity index (χ0) is 15.5. The maximum absolute atomic E-state index is 6.27. The van der Waals surface area contributed by atoms with E-state index in [1.807, 2.05) is 0 Å². The summed E-state index contributed by atoms with van der Waals surface area (Å²) in [7, 11) is 0. The van der Waals surface area contributed by atoms with Crippen LogP contribution in [0.15, 0.2) is 22.7 Å². The van der Waals surface area contributed by atoms with E-state index in [9.17, 15) is 0 Å². The molecule has 1 aromatic rings. The number of likely N-dealkylation sites (N-methyl/N-ethyl adjacent to an activating group) is 1. The van der Waals surface area contributed by atoms with Gasteiger partial charge in [0.05, 0.1) is 0 Å². The summed E-state index contributed by atoms with van der Waals surface area (Å²) in [5.74, 6) is 0.736. The lowest BCUT2D eigenvalue weighted by Gasteiger charge is -2.47. The van der Waals surface area contributed by atoms with E-state index in [0.29, 0.717) is 0 Å². The van der Waals surface area contributed by atoms with E-state index in [1.54, 1.807) is 0 Å². The van der Waals surface area contributed by atoms with E-state index in [2.05, 4.69) is 59.8 Å². The highest BCUT2D eigenvalue weighted by Crippen LogP contribution is 2.34. The third kappa shape index (κ3) is 3.69. The lowest BCUT2D eigenvalue weighted by molar-refractivity contribution is 0.0695. The molecule has 0 bridgehead atoms. The van der Waals surface area contributed by atoms with Gasteiger partial charge in [0.1, 0.15) is 0 Å². The van der Waals surface area contributed by atoms with Crippen molar-refractivity contribution in [1.82, 2.24) is 4.90 Å². The summed E-state index contributed by atoms with van der Waals surface area (Å²) in [6, 6.07) is 6.72. The monoisotopic (exact) mass is 352 g/mol. The number of nitrogens with two attached hydrogens (primary N) is 1. The summed E-state index contributed by atoms with van der Waals surface area (Å²) in [5.41, 5.74) is 9.40. The first-order valence-electron chi connectivity index (χ1n) is 8.27. The van der Waals surface area contributed by atoms with Gasteiger partial charge in [-0.15, -0.1) is 0 Å². The van der Waals surface area contributed by atoms with Crippen molar-refractivity contribution in [2.24, 2.45) is 11.7 Å². The molecule has 2 N–H and O–H groups in total. The zero-order valence-electron chi connectivity index (χ0n) is 13.7. The molecule has 0 saturated carbocycles. The van der Waals surface area contributed by atoms with Crippen molar-refractivity contribution in [2.45, 2.75) is 52.0 Å². The van der Waals surface area contributed by atoms with Gasteiger partial charge in [-0.3, -0.25) is 4.90 Å². The van der Waals surface area contributed by atoms with Crippen molar-refractivity contribution >= 4 is 15.9 Å². The van der Waals surface area contributed by atoms with Gasteiger partial charge in [0.15, 0.2) is 0 Å². The molecule has 1 aromatic carbocycles. The van der Waals surface area contributed by atoms with Gasteiger partial charge < -0.3 is 5.73 Å². The standard InChI is InChI=1S/C18H29BrN2/c1-4-14(3)12-21(5-2)18(13-20)9-8-15-10-17(19)7-6-16(15)11-18/h6-7,10,14H,4-5,8-9,11-13,20H2,1-3H3. The third-order valence-electron chi connectivity index (χ3n) is 5.21. The SMILES string of the molecule is CCC(C)CN(CC)C1(CN)CCc2cc(Br)ccc2C1. The second kappa shape index (κ2) is 7.26. The lowest BCUT2D eigenvalue weighted by atomic mass is 9.76. The lowest BCUT2D eigenvalue weighted by Crippen LogP contribution is -2.58. The van der Waals surface area contributed by atoms with Crippen LogP contribution in [0.25, 0.3) is 0 Å². The van der Waals surface area contributed by atoms with Crippen molar-refractivity contribution in [3.63, 3.8) is 0 Å². The zero-order valence-corrected chi connectivity index (χ0v) is 15.2. The molecule has 2 nitrogen and oxygen atoms in total. The van der Waals surface area contributed by atoms with Gasteiger partial charge in [-0.1, -0.05) is 49.2 Å². The Morgan fingerprint density at radius 2 is 2.10 bits per heavy atom. The highest BCUT2D eigenvalue weighted by molar-refractivity contribution is 9.10. The van der Waals surface area contributed by atoms with Gasteiger partial charge >= 0.3 is 0 Å². The molecule has 0 spiro atoms. The van der Waals surface area contributed by atoms with E-state index < -0.39 is 0 Å². The Kier molecular flexibility index (Phi) is 5.87. The smallest absolute Gasteiger partial charge is 0.0375 e. The predicted molar refractivity (Wildman–Crippen MR) is 94.7 cm³/mol. The molecule has 118 valence electrons. The molecule has 0 aliphatic heterocycles. The van der Waals surface area contributed by atoms with E-state index in [4.69, 9.17) is 5.73 Å². The van der Waals surface area contributed by atoms with E-state index in [-0.39, 0.29) is 5.54 Å². The molecule has 1 aliphatic rings. The molecular formula is C18H29BrN2. The van der Waals surface area contributed by atoms with Gasteiger partial charge in [-0.25, -0.2) is 0 Å². The van der Waals surface area contributed by atoms with Crippen LogP contribution in [0, 0.1) is 5.92 Å². The number of hydrogen-bond donors (Lipinski definition) is 1. The van der Waals surface area contributed by atoms with Crippen molar-refractivity contribution in [3.8, 4) is 0 Å². The molecule has 0 aromatic heterocycles. The highest BCUT2D eigenvalue weighted by atomic mass is 79.9. The van der Waals surface area contributed by atoms with Crippen LogP contribution < -0.4 is 5.73 Å². The van der Waals surface area contributed by atoms with Gasteiger partial charge in [0, 0.05) is 23.1 Å². The minimum atomic E-state index is 0.152. The molecular weight excluding hydrogens is 324 g/mol. The number of aryl methyl sites for hydroxylation is 1. The van der Waals surface area contributed by atoms with Crippen LogP contribution in [0.4, 0.5) is 0 Å². The van der Waals surface area contributed by atoms with Crippen LogP contribution in [0.2, 0.25) is 0 Å². The van der Waals surface area contributed by atoms with Gasteiger partial charge in [-0.05, 0) is 55.0 Å². The Balaban J connectivity index is 2.24. The third-order valence-corrected chi connectivity index (χ3v) is 5.70. The molecule has 2 rings (SSSR count). The predicted octanol–water partition coefficient (Wildman–Crippen LogP) is 4.00. The second-order valence-electron chi connectivity index (χ2n) is 6.57. The molecule has 2 unspecified atom stereocenters. The Morgan fingerprint density at radius 1 is 1.33 bits per heavy atom. The van der Waals surface area contributed by atoms with Crippen LogP contribution in [0.3, 0.4) is 0 Å². The number of nitrogens with zero attached hydrogens (tertiary/aromatic N) is 1. The summed E-state index contributed by atoms with van der Waals surface area (Å²) in [6.07, 6.45) is 4.65. The van der Waals surface area contributed by atoms with Crippen molar-refractivity contribution in [3.05, 3.63) is 33.8 Å². The van der Waals surface area contributed by atoms with Crippen LogP contribution in [-0.4, -0.2) is 30.1 Å². The van der Waals surface area contributed by atoms with Gasteiger partial charge in [0.25, 0.3) is 0 Å². The fraction of sp³-hybridized carbons (Fsp3) is 0.667. The molecule has 2 atom stereocenters. The average molecular weight is 353 g/mol. The quantitative estimate of drug-likeness (QED) is 0.838. The molecule has 21 heavy (non-hydrogen) atoms. The Hall–Kier alpha value is -0.380. The molecule has 0 heterocycles. The maximum Gasteiger partial charge on any atom is 0.0375 e. The van der Waals surface area contributed by atoms with E-state index >= 15 is 0 Å². The number of rotatable bonds is 6. The largest absolute Gasteiger partial charge is 0.329 e. The summed E-state index contributed by atoms with van der Waals surface area (Å²) in [4.78, 5) is 2.64. The summed E-state index contributed by atoms with van der Waals surface area (Å²) in [6.45, 7) is 9.91. The minimum absolute atomic E-state index is 0.152. The highest BCUT2D eigenvalue weighted by Gasteiger charge is 2.38. The number of halogens is 1. The summed E-state index contributed by atoms with van der Waals surface area (Å²) >= 11 is 3.59. The molecule has 0 radical (unpaired) electrons. The molecule has 0 saturated heterocycles. The topological polar surface area (TPSA) is 29.3 Å². The Bertz CT molecular complexity index is 474. The first kappa shape index (κ1) is 17.0. The number of hydrogen-bond acceptors (Lipinski definition) is 2. The van der Waals surface area contributed by atoms with Crippen LogP contribution in [0.5, 0.6) is 0 Å². The first-order chi connectivity index (χ1) is 10.0. The first-order valence-corrected chi connectivity index (χ1v) is 9.06. The maximum atomic E-state index is 6.27. The summed E-state index contributed by atoms with van der Waals surface area (Å²) < 4.78 is 1.19. The Morgan fingerprint density at radius 3 is 2.71 bits per heavy atom. The van der Waals surface area contributed by atoms with E-state index in [1.165, 1.54) is 28.4 Å². The molecule has 1 aliphatic carbocycles.